The Hall–Kier alpha value is -1.29. The topological polar surface area (TPSA) is 94.3 Å². The van der Waals surface area contributed by atoms with E-state index in [1.807, 2.05) is 13.8 Å². The lowest BCUT2D eigenvalue weighted by molar-refractivity contribution is 0.0290. The molecule has 0 radical (unpaired) electrons. The highest BCUT2D eigenvalue weighted by atomic mass is 32.2. The van der Waals surface area contributed by atoms with Gasteiger partial charge in [0, 0.05) is 16.3 Å². The van der Waals surface area contributed by atoms with E-state index in [-0.39, 0.29) is 18.8 Å². The molecule has 7 nitrogen and oxygen atoms in total. The van der Waals surface area contributed by atoms with E-state index >= 15 is 0 Å². The molecule has 1 aliphatic rings. The summed E-state index contributed by atoms with van der Waals surface area (Å²) in [6.45, 7) is 5.69. The van der Waals surface area contributed by atoms with Crippen LogP contribution in [0, 0.1) is 20.8 Å². The maximum Gasteiger partial charge on any atom is 0.255 e. The maximum absolute atomic E-state index is 12.4. The molecule has 0 aliphatic carbocycles. The first-order chi connectivity index (χ1) is 10.8. The first kappa shape index (κ1) is 16.6. The SMILES string of the molecule is Cc1noc([C@@H]2CC[C@H](CNS(=O)(=O)c3cc(C)sc3C)O2)n1. The summed E-state index contributed by atoms with van der Waals surface area (Å²) in [4.78, 5) is 6.28. The van der Waals surface area contributed by atoms with Crippen molar-refractivity contribution in [2.24, 2.45) is 0 Å². The van der Waals surface area contributed by atoms with Crippen LogP contribution in [-0.2, 0) is 14.8 Å². The van der Waals surface area contributed by atoms with E-state index in [2.05, 4.69) is 14.9 Å². The monoisotopic (exact) mass is 357 g/mol. The van der Waals surface area contributed by atoms with Crippen LogP contribution in [0.25, 0.3) is 0 Å². The van der Waals surface area contributed by atoms with Crippen molar-refractivity contribution in [3.8, 4) is 0 Å². The van der Waals surface area contributed by atoms with Crippen molar-refractivity contribution in [3.05, 3.63) is 27.5 Å². The average Bonchev–Trinajstić information content (AvgIpc) is 3.17. The van der Waals surface area contributed by atoms with E-state index in [1.165, 1.54) is 11.3 Å². The summed E-state index contributed by atoms with van der Waals surface area (Å²) in [7, 11) is -3.51. The number of rotatable bonds is 5. The van der Waals surface area contributed by atoms with Gasteiger partial charge in [-0.15, -0.1) is 11.3 Å². The van der Waals surface area contributed by atoms with E-state index in [0.29, 0.717) is 16.6 Å². The molecule has 0 saturated carbocycles. The van der Waals surface area contributed by atoms with Crippen molar-refractivity contribution >= 4 is 21.4 Å². The molecule has 1 saturated heterocycles. The highest BCUT2D eigenvalue weighted by Gasteiger charge is 2.31. The standard InChI is InChI=1S/C14H19N3O4S2/c1-8-6-13(9(2)22-8)23(18,19)15-7-11-4-5-12(20-11)14-16-10(3)17-21-14/h6,11-12,15H,4-5,7H2,1-3H3/t11-,12+/m1/s1. The molecule has 0 spiro atoms. The van der Waals surface area contributed by atoms with Gasteiger partial charge in [-0.1, -0.05) is 5.16 Å². The quantitative estimate of drug-likeness (QED) is 0.882. The minimum Gasteiger partial charge on any atom is -0.364 e. The number of aryl methyl sites for hydroxylation is 3. The molecule has 126 valence electrons. The number of ether oxygens (including phenoxy) is 1. The van der Waals surface area contributed by atoms with Gasteiger partial charge in [0.05, 0.1) is 11.0 Å². The molecule has 0 unspecified atom stereocenters. The normalized spacial score (nSPS) is 21.9. The van der Waals surface area contributed by atoms with Crippen LogP contribution in [0.4, 0.5) is 0 Å². The molecular weight excluding hydrogens is 338 g/mol. The molecule has 2 aromatic heterocycles. The second-order valence-corrected chi connectivity index (χ2v) is 8.83. The number of thiophene rings is 1. The maximum atomic E-state index is 12.4. The van der Waals surface area contributed by atoms with Crippen LogP contribution in [-0.4, -0.2) is 31.2 Å². The number of aromatic nitrogens is 2. The minimum atomic E-state index is -3.51. The van der Waals surface area contributed by atoms with E-state index in [0.717, 1.165) is 22.6 Å². The molecule has 0 aromatic carbocycles. The van der Waals surface area contributed by atoms with Gasteiger partial charge >= 0.3 is 0 Å². The van der Waals surface area contributed by atoms with Crippen molar-refractivity contribution in [2.75, 3.05) is 6.54 Å². The third-order valence-corrected chi connectivity index (χ3v) is 6.36. The molecular formula is C14H19N3O4S2. The van der Waals surface area contributed by atoms with Gasteiger partial charge in [0.15, 0.2) is 5.82 Å². The second-order valence-electron chi connectivity index (χ2n) is 5.63. The summed E-state index contributed by atoms with van der Waals surface area (Å²) >= 11 is 1.48. The summed E-state index contributed by atoms with van der Waals surface area (Å²) in [5, 5.41) is 3.75. The number of hydrogen-bond donors (Lipinski definition) is 1. The number of nitrogens with one attached hydrogen (secondary N) is 1. The minimum absolute atomic E-state index is 0.193. The van der Waals surface area contributed by atoms with Crippen molar-refractivity contribution in [2.45, 2.75) is 50.7 Å². The molecule has 0 bridgehead atoms. The molecule has 1 N–H and O–H groups in total. The Balaban J connectivity index is 1.60. The largest absolute Gasteiger partial charge is 0.364 e. The Labute approximate surface area is 139 Å². The van der Waals surface area contributed by atoms with Gasteiger partial charge in [-0.3, -0.25) is 0 Å². The van der Waals surface area contributed by atoms with Gasteiger partial charge in [-0.05, 0) is 39.7 Å². The molecule has 1 fully saturated rings. The molecule has 1 aliphatic heterocycles. The highest BCUT2D eigenvalue weighted by molar-refractivity contribution is 7.89. The van der Waals surface area contributed by atoms with Crippen LogP contribution in [0.5, 0.6) is 0 Å². The third-order valence-electron chi connectivity index (χ3n) is 3.71. The average molecular weight is 357 g/mol. The number of sulfonamides is 1. The molecule has 2 aromatic rings. The van der Waals surface area contributed by atoms with Crippen molar-refractivity contribution in [1.82, 2.24) is 14.9 Å². The summed E-state index contributed by atoms with van der Waals surface area (Å²) in [6, 6.07) is 1.70. The van der Waals surface area contributed by atoms with Gasteiger partial charge < -0.3 is 9.26 Å². The van der Waals surface area contributed by atoms with Gasteiger partial charge in [-0.25, -0.2) is 13.1 Å². The molecule has 3 heterocycles. The van der Waals surface area contributed by atoms with E-state index in [9.17, 15) is 8.42 Å². The lowest BCUT2D eigenvalue weighted by atomic mass is 10.2. The van der Waals surface area contributed by atoms with Crippen molar-refractivity contribution in [1.29, 1.82) is 0 Å². The Morgan fingerprint density at radius 3 is 2.74 bits per heavy atom. The summed E-state index contributed by atoms with van der Waals surface area (Å²) in [5.74, 6) is 1.02. The van der Waals surface area contributed by atoms with Gasteiger partial charge in [0.1, 0.15) is 6.10 Å². The highest BCUT2D eigenvalue weighted by Crippen LogP contribution is 2.32. The van der Waals surface area contributed by atoms with Gasteiger partial charge in [0.25, 0.3) is 5.89 Å². The number of hydrogen-bond acceptors (Lipinski definition) is 7. The van der Waals surface area contributed by atoms with Crippen LogP contribution in [0.2, 0.25) is 0 Å². The van der Waals surface area contributed by atoms with E-state index < -0.39 is 10.0 Å². The predicted molar refractivity (Wildman–Crippen MR) is 84.9 cm³/mol. The van der Waals surface area contributed by atoms with Crippen molar-refractivity contribution in [3.63, 3.8) is 0 Å². The smallest absolute Gasteiger partial charge is 0.255 e. The van der Waals surface area contributed by atoms with Crippen LogP contribution in [0.15, 0.2) is 15.5 Å². The Kier molecular flexibility index (Phi) is 4.54. The zero-order valence-electron chi connectivity index (χ0n) is 13.2. The fraction of sp³-hybridized carbons (Fsp3) is 0.571. The van der Waals surface area contributed by atoms with Gasteiger partial charge in [0.2, 0.25) is 10.0 Å². The predicted octanol–water partition coefficient (Wildman–Crippen LogP) is 2.25. The molecule has 9 heteroatoms. The first-order valence-corrected chi connectivity index (χ1v) is 9.67. The summed E-state index contributed by atoms with van der Waals surface area (Å²) in [5.41, 5.74) is 0. The Morgan fingerprint density at radius 2 is 2.13 bits per heavy atom. The van der Waals surface area contributed by atoms with Gasteiger partial charge in [-0.2, -0.15) is 4.98 Å². The van der Waals surface area contributed by atoms with Crippen molar-refractivity contribution < 1.29 is 17.7 Å². The van der Waals surface area contributed by atoms with Crippen LogP contribution >= 0.6 is 11.3 Å². The molecule has 23 heavy (non-hydrogen) atoms. The Bertz CT molecular complexity index is 797. The van der Waals surface area contributed by atoms with Crippen LogP contribution in [0.3, 0.4) is 0 Å². The zero-order chi connectivity index (χ0) is 16.6. The number of nitrogens with zero attached hydrogens (tertiary/aromatic N) is 2. The second kappa shape index (κ2) is 6.31. The van der Waals surface area contributed by atoms with E-state index in [1.54, 1.807) is 13.0 Å². The summed E-state index contributed by atoms with van der Waals surface area (Å²) < 4.78 is 38.3. The van der Waals surface area contributed by atoms with Crippen LogP contribution in [0.1, 0.15) is 40.4 Å². The summed E-state index contributed by atoms with van der Waals surface area (Å²) in [6.07, 6.45) is 1.04. The fourth-order valence-corrected chi connectivity index (χ4v) is 5.26. The fourth-order valence-electron chi connectivity index (χ4n) is 2.64. The molecule has 3 rings (SSSR count). The van der Waals surface area contributed by atoms with Crippen LogP contribution < -0.4 is 4.72 Å². The lowest BCUT2D eigenvalue weighted by Crippen LogP contribution is -2.32. The Morgan fingerprint density at radius 1 is 1.35 bits per heavy atom. The lowest BCUT2D eigenvalue weighted by Gasteiger charge is -2.12. The first-order valence-electron chi connectivity index (χ1n) is 7.37. The zero-order valence-corrected chi connectivity index (χ0v) is 14.8. The van der Waals surface area contributed by atoms with E-state index in [4.69, 9.17) is 9.26 Å². The molecule has 0 amide bonds. The third kappa shape index (κ3) is 3.63. The molecule has 2 atom stereocenters.